The highest BCUT2D eigenvalue weighted by Crippen LogP contribution is 2.24. The Morgan fingerprint density at radius 2 is 1.69 bits per heavy atom. The van der Waals surface area contributed by atoms with E-state index in [4.69, 9.17) is 0 Å². The molecule has 0 atom stereocenters. The maximum atomic E-state index is 13.0. The molecule has 0 aliphatic heterocycles. The molecule has 0 bridgehead atoms. The van der Waals surface area contributed by atoms with Crippen LogP contribution in [0.3, 0.4) is 0 Å². The van der Waals surface area contributed by atoms with Crippen molar-refractivity contribution in [3.63, 3.8) is 0 Å². The van der Waals surface area contributed by atoms with Gasteiger partial charge in [-0.3, -0.25) is 14.6 Å². The first-order chi connectivity index (χ1) is 14.1. The van der Waals surface area contributed by atoms with Gasteiger partial charge >= 0.3 is 0 Å². The molecule has 4 aromatic rings. The molecular formula is C23H18N4O2. The first-order valence-corrected chi connectivity index (χ1v) is 9.09. The van der Waals surface area contributed by atoms with Gasteiger partial charge in [-0.2, -0.15) is 5.10 Å². The molecule has 0 spiro atoms. The van der Waals surface area contributed by atoms with E-state index >= 15 is 0 Å². The largest absolute Gasteiger partial charge is 0.322 e. The summed E-state index contributed by atoms with van der Waals surface area (Å²) in [6.45, 7) is 1.51. The highest BCUT2D eigenvalue weighted by Gasteiger charge is 2.19. The average Bonchev–Trinajstić information content (AvgIpc) is 3.21. The van der Waals surface area contributed by atoms with Crippen molar-refractivity contribution in [3.8, 4) is 16.9 Å². The number of nitrogens with one attached hydrogen (secondary N) is 1. The quantitative estimate of drug-likeness (QED) is 0.519. The first kappa shape index (κ1) is 18.3. The number of carbonyl (C=O) groups is 2. The molecule has 6 heteroatoms. The number of pyridine rings is 1. The molecule has 29 heavy (non-hydrogen) atoms. The lowest BCUT2D eigenvalue weighted by Gasteiger charge is -2.06. The fourth-order valence-electron chi connectivity index (χ4n) is 2.96. The minimum atomic E-state index is -0.290. The zero-order chi connectivity index (χ0) is 20.2. The topological polar surface area (TPSA) is 76.9 Å². The van der Waals surface area contributed by atoms with Crippen molar-refractivity contribution in [3.05, 3.63) is 96.4 Å². The van der Waals surface area contributed by atoms with E-state index in [0.717, 1.165) is 11.3 Å². The third-order valence-electron chi connectivity index (χ3n) is 4.46. The molecule has 1 N–H and O–H groups in total. The lowest BCUT2D eigenvalue weighted by atomic mass is 10.1. The Hall–Kier alpha value is -4.06. The normalized spacial score (nSPS) is 10.5. The Labute approximate surface area is 167 Å². The van der Waals surface area contributed by atoms with Gasteiger partial charge in [0.25, 0.3) is 5.91 Å². The second kappa shape index (κ2) is 7.90. The molecule has 0 aliphatic rings. The van der Waals surface area contributed by atoms with Crippen LogP contribution >= 0.6 is 0 Å². The molecule has 1 amide bonds. The van der Waals surface area contributed by atoms with Gasteiger partial charge in [-0.15, -0.1) is 0 Å². The van der Waals surface area contributed by atoms with E-state index in [1.165, 1.54) is 6.92 Å². The van der Waals surface area contributed by atoms with E-state index in [0.29, 0.717) is 22.5 Å². The van der Waals surface area contributed by atoms with Crippen molar-refractivity contribution >= 4 is 17.4 Å². The van der Waals surface area contributed by atoms with Crippen LogP contribution in [0.4, 0.5) is 5.69 Å². The molecule has 0 radical (unpaired) electrons. The van der Waals surface area contributed by atoms with Crippen LogP contribution in [0.15, 0.2) is 85.3 Å². The Morgan fingerprint density at radius 1 is 0.931 bits per heavy atom. The standard InChI is InChI=1S/C23H18N4O2/c1-16(28)17-9-11-19(12-10-17)25-23(29)21-15-27(20-7-3-2-4-8-20)26-22(21)18-6-5-13-24-14-18/h2-15H,1H3,(H,25,29). The number of nitrogens with zero attached hydrogens (tertiary/aromatic N) is 3. The highest BCUT2D eigenvalue weighted by atomic mass is 16.1. The predicted molar refractivity (Wildman–Crippen MR) is 111 cm³/mol. The Morgan fingerprint density at radius 3 is 2.34 bits per heavy atom. The number of hydrogen-bond donors (Lipinski definition) is 1. The zero-order valence-electron chi connectivity index (χ0n) is 15.7. The minimum Gasteiger partial charge on any atom is -0.322 e. The van der Waals surface area contributed by atoms with Crippen LogP contribution in [0.1, 0.15) is 27.6 Å². The third kappa shape index (κ3) is 3.96. The van der Waals surface area contributed by atoms with E-state index in [1.54, 1.807) is 53.6 Å². The summed E-state index contributed by atoms with van der Waals surface area (Å²) >= 11 is 0. The van der Waals surface area contributed by atoms with Crippen molar-refractivity contribution in [1.82, 2.24) is 14.8 Å². The van der Waals surface area contributed by atoms with Gasteiger partial charge in [-0.1, -0.05) is 18.2 Å². The van der Waals surface area contributed by atoms with Crippen LogP contribution in [0.25, 0.3) is 16.9 Å². The summed E-state index contributed by atoms with van der Waals surface area (Å²) in [5.74, 6) is -0.313. The maximum absolute atomic E-state index is 13.0. The molecule has 0 saturated carbocycles. The van der Waals surface area contributed by atoms with E-state index in [1.807, 2.05) is 36.4 Å². The second-order valence-corrected chi connectivity index (χ2v) is 6.50. The number of rotatable bonds is 5. The SMILES string of the molecule is CC(=O)c1ccc(NC(=O)c2cn(-c3ccccc3)nc2-c2cccnc2)cc1. The van der Waals surface area contributed by atoms with Crippen LogP contribution in [0, 0.1) is 0 Å². The van der Waals surface area contributed by atoms with Crippen molar-refractivity contribution < 1.29 is 9.59 Å². The summed E-state index contributed by atoms with van der Waals surface area (Å²) in [5.41, 5.74) is 3.76. The molecular weight excluding hydrogens is 364 g/mol. The average molecular weight is 382 g/mol. The monoisotopic (exact) mass is 382 g/mol. The van der Waals surface area contributed by atoms with Gasteiger partial charge in [0.1, 0.15) is 5.69 Å². The molecule has 0 fully saturated rings. The third-order valence-corrected chi connectivity index (χ3v) is 4.46. The van der Waals surface area contributed by atoms with Crippen molar-refractivity contribution in [1.29, 1.82) is 0 Å². The van der Waals surface area contributed by atoms with Crippen LogP contribution < -0.4 is 5.32 Å². The fraction of sp³-hybridized carbons (Fsp3) is 0.0435. The number of para-hydroxylation sites is 1. The zero-order valence-corrected chi connectivity index (χ0v) is 15.7. The van der Waals surface area contributed by atoms with Gasteiger partial charge in [0.05, 0.1) is 11.3 Å². The van der Waals surface area contributed by atoms with Gasteiger partial charge in [0.2, 0.25) is 0 Å². The number of anilines is 1. The number of aromatic nitrogens is 3. The molecule has 0 unspecified atom stereocenters. The Bertz CT molecular complexity index is 1150. The lowest BCUT2D eigenvalue weighted by Crippen LogP contribution is -2.12. The Kier molecular flexibility index (Phi) is 4.99. The smallest absolute Gasteiger partial charge is 0.259 e. The van der Waals surface area contributed by atoms with E-state index in [2.05, 4.69) is 15.4 Å². The molecule has 142 valence electrons. The number of Topliss-reactive ketones (excluding diaryl/α,β-unsaturated/α-hetero) is 1. The summed E-state index contributed by atoms with van der Waals surface area (Å²) in [6.07, 6.45) is 5.06. The number of benzene rings is 2. The number of carbonyl (C=O) groups excluding carboxylic acids is 2. The van der Waals surface area contributed by atoms with E-state index in [9.17, 15) is 9.59 Å². The summed E-state index contributed by atoms with van der Waals surface area (Å²) in [7, 11) is 0. The van der Waals surface area contributed by atoms with E-state index in [-0.39, 0.29) is 11.7 Å². The van der Waals surface area contributed by atoms with Crippen LogP contribution in [-0.4, -0.2) is 26.5 Å². The summed E-state index contributed by atoms with van der Waals surface area (Å²) in [4.78, 5) is 28.6. The van der Waals surface area contributed by atoms with Crippen LogP contribution in [0.5, 0.6) is 0 Å². The molecule has 4 rings (SSSR count). The van der Waals surface area contributed by atoms with Gasteiger partial charge in [0, 0.05) is 35.4 Å². The minimum absolute atomic E-state index is 0.0223. The molecule has 0 aliphatic carbocycles. The predicted octanol–water partition coefficient (Wildman–Crippen LogP) is 4.39. The number of hydrogen-bond acceptors (Lipinski definition) is 4. The maximum Gasteiger partial charge on any atom is 0.259 e. The van der Waals surface area contributed by atoms with Gasteiger partial charge in [-0.25, -0.2) is 4.68 Å². The van der Waals surface area contributed by atoms with Gasteiger partial charge < -0.3 is 5.32 Å². The summed E-state index contributed by atoms with van der Waals surface area (Å²) in [5, 5.41) is 7.50. The highest BCUT2D eigenvalue weighted by molar-refractivity contribution is 6.08. The van der Waals surface area contributed by atoms with E-state index < -0.39 is 0 Å². The number of ketones is 1. The van der Waals surface area contributed by atoms with Crippen molar-refractivity contribution in [2.24, 2.45) is 0 Å². The Balaban J connectivity index is 1.70. The van der Waals surface area contributed by atoms with Gasteiger partial charge in [0.15, 0.2) is 5.78 Å². The van der Waals surface area contributed by atoms with Crippen molar-refractivity contribution in [2.45, 2.75) is 6.92 Å². The number of amides is 1. The second-order valence-electron chi connectivity index (χ2n) is 6.50. The van der Waals surface area contributed by atoms with Crippen LogP contribution in [0.2, 0.25) is 0 Å². The van der Waals surface area contributed by atoms with Crippen LogP contribution in [-0.2, 0) is 0 Å². The van der Waals surface area contributed by atoms with Crippen molar-refractivity contribution in [2.75, 3.05) is 5.32 Å². The molecule has 0 saturated heterocycles. The molecule has 2 aromatic carbocycles. The molecule has 2 aromatic heterocycles. The lowest BCUT2D eigenvalue weighted by molar-refractivity contribution is 0.101. The molecule has 2 heterocycles. The fourth-order valence-corrected chi connectivity index (χ4v) is 2.96. The summed E-state index contributed by atoms with van der Waals surface area (Å²) in [6, 6.07) is 20.1. The van der Waals surface area contributed by atoms with Gasteiger partial charge in [-0.05, 0) is 55.5 Å². The summed E-state index contributed by atoms with van der Waals surface area (Å²) < 4.78 is 1.68. The first-order valence-electron chi connectivity index (χ1n) is 9.09. The molecule has 6 nitrogen and oxygen atoms in total.